The number of ether oxygens (including phenoxy) is 3. The number of hydrogen-bond acceptors (Lipinski definition) is 7. The number of likely N-dealkylation sites (tertiary alicyclic amines) is 1. The molecule has 37 heavy (non-hydrogen) atoms. The van der Waals surface area contributed by atoms with Gasteiger partial charge in [0.2, 0.25) is 0 Å². The second-order valence-corrected chi connectivity index (χ2v) is 10.1. The van der Waals surface area contributed by atoms with Crippen molar-refractivity contribution < 1.29 is 33.4 Å². The lowest BCUT2D eigenvalue weighted by molar-refractivity contribution is -0.159. The van der Waals surface area contributed by atoms with E-state index in [1.165, 1.54) is 12.0 Å². The van der Waals surface area contributed by atoms with Gasteiger partial charge in [-0.15, -0.1) is 0 Å². The first-order valence-corrected chi connectivity index (χ1v) is 12.0. The third-order valence-corrected chi connectivity index (χ3v) is 6.26. The number of benzene rings is 2. The van der Waals surface area contributed by atoms with E-state index in [0.717, 1.165) is 0 Å². The van der Waals surface area contributed by atoms with Gasteiger partial charge >= 0.3 is 17.9 Å². The molecule has 2 aromatic carbocycles. The Kier molecular flexibility index (Phi) is 8.21. The van der Waals surface area contributed by atoms with Gasteiger partial charge in [-0.1, -0.05) is 43.0 Å². The van der Waals surface area contributed by atoms with E-state index in [-0.39, 0.29) is 18.5 Å². The molecule has 3 atom stereocenters. The highest BCUT2D eigenvalue weighted by Gasteiger charge is 2.61. The zero-order valence-electron chi connectivity index (χ0n) is 21.9. The number of carbonyl (C=O) groups is 4. The molecule has 1 heterocycles. The van der Waals surface area contributed by atoms with E-state index in [1.807, 2.05) is 0 Å². The molecule has 196 valence electrons. The molecular formula is C29H33NO7. The zero-order valence-corrected chi connectivity index (χ0v) is 21.9. The maximum Gasteiger partial charge on any atom is 0.339 e. The highest BCUT2D eigenvalue weighted by atomic mass is 16.6. The van der Waals surface area contributed by atoms with Crippen molar-refractivity contribution in [2.45, 2.75) is 51.4 Å². The zero-order chi connectivity index (χ0) is 27.4. The minimum Gasteiger partial charge on any atom is -0.467 e. The molecule has 0 N–H and O–H groups in total. The Bertz CT molecular complexity index is 1170. The van der Waals surface area contributed by atoms with Crippen molar-refractivity contribution >= 4 is 23.8 Å². The molecule has 0 bridgehead atoms. The molecule has 8 heteroatoms. The van der Waals surface area contributed by atoms with E-state index in [4.69, 9.17) is 14.2 Å². The Labute approximate surface area is 217 Å². The normalized spacial score (nSPS) is 21.2. The van der Waals surface area contributed by atoms with Gasteiger partial charge in [0.05, 0.1) is 25.6 Å². The second kappa shape index (κ2) is 11.0. The van der Waals surface area contributed by atoms with E-state index in [2.05, 4.69) is 6.58 Å². The molecule has 0 radical (unpaired) electrons. The maximum atomic E-state index is 13.6. The Morgan fingerprint density at radius 1 is 0.973 bits per heavy atom. The predicted octanol–water partition coefficient (Wildman–Crippen LogP) is 4.20. The summed E-state index contributed by atoms with van der Waals surface area (Å²) in [5.41, 5.74) is -1.36. The number of nitrogens with zero attached hydrogens (tertiary/aromatic N) is 1. The third-order valence-electron chi connectivity index (χ3n) is 6.26. The van der Waals surface area contributed by atoms with Crippen molar-refractivity contribution in [2.24, 2.45) is 5.92 Å². The smallest absolute Gasteiger partial charge is 0.339 e. The number of esters is 3. The first-order chi connectivity index (χ1) is 17.4. The molecule has 1 saturated heterocycles. The Morgan fingerprint density at radius 2 is 1.51 bits per heavy atom. The van der Waals surface area contributed by atoms with Gasteiger partial charge in [0, 0.05) is 11.5 Å². The summed E-state index contributed by atoms with van der Waals surface area (Å²) >= 11 is 0. The number of hydrogen-bond donors (Lipinski definition) is 0. The standard InChI is InChI=1S/C29H33NO7/c1-19(2)29(37-26(33)21-15-11-8-12-16-21)18-30(25(32)20-13-9-7-10-14-20)24(27(34)35-6)22(29)17-23(31)36-28(3,4)5/h7-16,22,24H,1,17-18H2,2-6H3/t22-,24+,29?/m1/s1. The van der Waals surface area contributed by atoms with Gasteiger partial charge in [0.25, 0.3) is 5.91 Å². The molecule has 0 aliphatic carbocycles. The van der Waals surface area contributed by atoms with Crippen molar-refractivity contribution in [1.29, 1.82) is 0 Å². The summed E-state index contributed by atoms with van der Waals surface area (Å²) in [6.07, 6.45) is -0.315. The molecule has 1 aliphatic heterocycles. The van der Waals surface area contributed by atoms with Gasteiger partial charge in [-0.2, -0.15) is 0 Å². The van der Waals surface area contributed by atoms with Crippen LogP contribution < -0.4 is 0 Å². The lowest BCUT2D eigenvalue weighted by Gasteiger charge is -2.35. The Balaban J connectivity index is 2.13. The monoisotopic (exact) mass is 507 g/mol. The topological polar surface area (TPSA) is 99.2 Å². The van der Waals surface area contributed by atoms with Crippen LogP contribution in [-0.2, 0) is 23.8 Å². The molecule has 1 fully saturated rings. The average Bonchev–Trinajstić information content (AvgIpc) is 3.17. The Morgan fingerprint density at radius 3 is 2.00 bits per heavy atom. The molecule has 1 unspecified atom stereocenters. The van der Waals surface area contributed by atoms with Crippen LogP contribution in [0.25, 0.3) is 0 Å². The van der Waals surface area contributed by atoms with Crippen LogP contribution in [0.2, 0.25) is 0 Å². The first kappa shape index (κ1) is 27.6. The molecule has 2 aromatic rings. The van der Waals surface area contributed by atoms with E-state index < -0.39 is 47.0 Å². The van der Waals surface area contributed by atoms with Crippen molar-refractivity contribution in [3.63, 3.8) is 0 Å². The van der Waals surface area contributed by atoms with Crippen LogP contribution >= 0.6 is 0 Å². The number of methoxy groups -OCH3 is 1. The number of rotatable bonds is 7. The second-order valence-electron chi connectivity index (χ2n) is 10.1. The van der Waals surface area contributed by atoms with Gasteiger partial charge in [-0.3, -0.25) is 9.59 Å². The van der Waals surface area contributed by atoms with Crippen molar-refractivity contribution in [2.75, 3.05) is 13.7 Å². The molecule has 0 aromatic heterocycles. The molecule has 8 nitrogen and oxygen atoms in total. The summed E-state index contributed by atoms with van der Waals surface area (Å²) in [4.78, 5) is 54.4. The van der Waals surface area contributed by atoms with Crippen LogP contribution in [0.1, 0.15) is 54.8 Å². The molecule has 1 amide bonds. The first-order valence-electron chi connectivity index (χ1n) is 12.0. The fourth-order valence-corrected chi connectivity index (χ4v) is 4.58. The quantitative estimate of drug-likeness (QED) is 0.315. The predicted molar refractivity (Wildman–Crippen MR) is 137 cm³/mol. The van der Waals surface area contributed by atoms with Crippen LogP contribution in [0.15, 0.2) is 72.8 Å². The molecule has 3 rings (SSSR count). The molecule has 0 saturated carbocycles. The lowest BCUT2D eigenvalue weighted by Crippen LogP contribution is -2.47. The summed E-state index contributed by atoms with van der Waals surface area (Å²) in [5, 5.41) is 0. The van der Waals surface area contributed by atoms with E-state index in [1.54, 1.807) is 88.4 Å². The Hall–Kier alpha value is -3.94. The van der Waals surface area contributed by atoms with Gasteiger partial charge < -0.3 is 19.1 Å². The van der Waals surface area contributed by atoms with E-state index >= 15 is 0 Å². The van der Waals surface area contributed by atoms with Crippen molar-refractivity contribution in [3.8, 4) is 0 Å². The summed E-state index contributed by atoms with van der Waals surface area (Å²) in [5.74, 6) is -3.49. The van der Waals surface area contributed by atoms with Crippen LogP contribution in [0.5, 0.6) is 0 Å². The van der Waals surface area contributed by atoms with E-state index in [0.29, 0.717) is 11.1 Å². The minimum atomic E-state index is -1.56. The summed E-state index contributed by atoms with van der Waals surface area (Å²) < 4.78 is 16.7. The van der Waals surface area contributed by atoms with Gasteiger partial charge in [0.15, 0.2) is 5.60 Å². The molecular weight excluding hydrogens is 474 g/mol. The van der Waals surface area contributed by atoms with Crippen LogP contribution in [0.4, 0.5) is 0 Å². The van der Waals surface area contributed by atoms with Gasteiger partial charge in [-0.05, 0) is 57.5 Å². The third kappa shape index (κ3) is 6.07. The molecule has 1 aliphatic rings. The van der Waals surface area contributed by atoms with E-state index in [9.17, 15) is 19.2 Å². The van der Waals surface area contributed by atoms with Crippen molar-refractivity contribution in [1.82, 2.24) is 4.90 Å². The highest BCUT2D eigenvalue weighted by molar-refractivity contribution is 5.98. The minimum absolute atomic E-state index is 0.193. The summed E-state index contributed by atoms with van der Waals surface area (Å²) in [6.45, 7) is 10.7. The largest absolute Gasteiger partial charge is 0.467 e. The number of amides is 1. The highest BCUT2D eigenvalue weighted by Crippen LogP contribution is 2.45. The van der Waals surface area contributed by atoms with Gasteiger partial charge in [-0.25, -0.2) is 9.59 Å². The SMILES string of the molecule is C=C(C)C1(OC(=O)c2ccccc2)CN(C(=O)c2ccccc2)[C@H](C(=O)OC)[C@H]1CC(=O)OC(C)(C)C. The fraction of sp³-hybridized carbons (Fsp3) is 0.379. The van der Waals surface area contributed by atoms with Gasteiger partial charge in [0.1, 0.15) is 11.6 Å². The average molecular weight is 508 g/mol. The fourth-order valence-electron chi connectivity index (χ4n) is 4.58. The van der Waals surface area contributed by atoms with Crippen LogP contribution in [0, 0.1) is 5.92 Å². The lowest BCUT2D eigenvalue weighted by atomic mass is 9.79. The molecule has 0 spiro atoms. The van der Waals surface area contributed by atoms with Crippen molar-refractivity contribution in [3.05, 3.63) is 83.9 Å². The number of carbonyl (C=O) groups excluding carboxylic acids is 4. The van der Waals surface area contributed by atoms with Crippen LogP contribution in [-0.4, -0.2) is 59.6 Å². The maximum absolute atomic E-state index is 13.6. The van der Waals surface area contributed by atoms with Crippen LogP contribution in [0.3, 0.4) is 0 Å². The summed E-state index contributed by atoms with van der Waals surface area (Å²) in [6, 6.07) is 15.5. The summed E-state index contributed by atoms with van der Waals surface area (Å²) in [7, 11) is 1.20.